The lowest BCUT2D eigenvalue weighted by Gasteiger charge is -2.05. The van der Waals surface area contributed by atoms with E-state index in [9.17, 15) is 0 Å². The Balaban J connectivity index is 1.50. The van der Waals surface area contributed by atoms with Crippen molar-refractivity contribution in [2.75, 3.05) is 5.32 Å². The number of fused-ring (bicyclic) bond motifs is 1. The number of hydrogen-bond donors (Lipinski definition) is 2. The fourth-order valence-electron chi connectivity index (χ4n) is 2.87. The first-order valence-electron chi connectivity index (χ1n) is 8.06. The lowest BCUT2D eigenvalue weighted by Crippen LogP contribution is -1.99. The van der Waals surface area contributed by atoms with Gasteiger partial charge < -0.3 is 5.32 Å². The minimum Gasteiger partial charge on any atom is -0.307 e. The molecule has 0 bridgehead atoms. The summed E-state index contributed by atoms with van der Waals surface area (Å²) in [6.07, 6.45) is 6.05. The minimum absolute atomic E-state index is 0.409. The van der Waals surface area contributed by atoms with Crippen molar-refractivity contribution in [3.05, 3.63) is 53.6 Å². The number of pyridine rings is 1. The van der Waals surface area contributed by atoms with E-state index in [0.29, 0.717) is 28.5 Å². The van der Waals surface area contributed by atoms with E-state index >= 15 is 0 Å². The summed E-state index contributed by atoms with van der Waals surface area (Å²) in [5, 5.41) is 10.9. The molecule has 4 heterocycles. The third kappa shape index (κ3) is 2.62. The topological polar surface area (TPSA) is 83.8 Å². The average Bonchev–Trinajstić information content (AvgIpc) is 3.27. The molecule has 7 nitrogen and oxygen atoms in total. The van der Waals surface area contributed by atoms with Gasteiger partial charge in [-0.05, 0) is 31.0 Å². The second-order valence-corrected chi connectivity index (χ2v) is 6.41. The molecular weight excluding hydrogens is 338 g/mol. The Hall–Kier alpha value is -2.93. The van der Waals surface area contributed by atoms with Crippen LogP contribution in [0.15, 0.2) is 42.7 Å². The normalized spacial score (nSPS) is 14.1. The lowest BCUT2D eigenvalue weighted by atomic mass is 10.3. The molecule has 4 aromatic rings. The zero-order chi connectivity index (χ0) is 16.8. The number of rotatable bonds is 4. The van der Waals surface area contributed by atoms with Crippen LogP contribution in [0.2, 0.25) is 5.15 Å². The van der Waals surface area contributed by atoms with E-state index in [1.54, 1.807) is 6.20 Å². The summed E-state index contributed by atoms with van der Waals surface area (Å²) in [6.45, 7) is 0. The first-order valence-corrected chi connectivity index (χ1v) is 8.44. The third-order valence-electron chi connectivity index (χ3n) is 4.24. The van der Waals surface area contributed by atoms with Gasteiger partial charge in [-0.25, -0.2) is 15.0 Å². The van der Waals surface area contributed by atoms with Crippen molar-refractivity contribution in [2.24, 2.45) is 0 Å². The molecule has 0 unspecified atom stereocenters. The van der Waals surface area contributed by atoms with Gasteiger partial charge >= 0.3 is 0 Å². The molecule has 0 aromatic carbocycles. The van der Waals surface area contributed by atoms with E-state index in [1.807, 2.05) is 40.9 Å². The lowest BCUT2D eigenvalue weighted by molar-refractivity contribution is 0.965. The zero-order valence-corrected chi connectivity index (χ0v) is 13.9. The minimum atomic E-state index is 0.409. The van der Waals surface area contributed by atoms with Crippen molar-refractivity contribution in [2.45, 2.75) is 18.8 Å². The summed E-state index contributed by atoms with van der Waals surface area (Å²) in [4.78, 5) is 13.2. The van der Waals surface area contributed by atoms with Crippen molar-refractivity contribution in [1.29, 1.82) is 0 Å². The van der Waals surface area contributed by atoms with Crippen LogP contribution in [0, 0.1) is 0 Å². The summed E-state index contributed by atoms with van der Waals surface area (Å²) in [7, 11) is 0. The van der Waals surface area contributed by atoms with E-state index in [2.05, 4.69) is 30.5 Å². The Morgan fingerprint density at radius 1 is 1.20 bits per heavy atom. The third-order valence-corrected chi connectivity index (χ3v) is 4.50. The Bertz CT molecular complexity index is 1060. The molecule has 0 amide bonds. The molecule has 1 aliphatic carbocycles. The van der Waals surface area contributed by atoms with Gasteiger partial charge in [0.25, 0.3) is 0 Å². The number of H-pyrrole nitrogens is 1. The van der Waals surface area contributed by atoms with Gasteiger partial charge in [0.05, 0.1) is 5.69 Å². The van der Waals surface area contributed by atoms with Gasteiger partial charge in [0.15, 0.2) is 11.0 Å². The number of nitrogens with zero attached hydrogens (tertiary/aromatic N) is 5. The number of hydrogen-bond acceptors (Lipinski definition) is 5. The number of anilines is 2. The van der Waals surface area contributed by atoms with Crippen molar-refractivity contribution < 1.29 is 0 Å². The van der Waals surface area contributed by atoms with Crippen LogP contribution in [0.25, 0.3) is 17.0 Å². The molecule has 5 rings (SSSR count). The summed E-state index contributed by atoms with van der Waals surface area (Å²) in [5.74, 6) is 1.80. The number of imidazole rings is 1. The highest BCUT2D eigenvalue weighted by molar-refractivity contribution is 6.32. The molecule has 0 spiro atoms. The summed E-state index contributed by atoms with van der Waals surface area (Å²) >= 11 is 6.33. The van der Waals surface area contributed by atoms with E-state index in [-0.39, 0.29) is 0 Å². The summed E-state index contributed by atoms with van der Waals surface area (Å²) in [6, 6.07) is 9.57. The Morgan fingerprint density at radius 3 is 3.00 bits per heavy atom. The highest BCUT2D eigenvalue weighted by Gasteiger charge is 2.25. The van der Waals surface area contributed by atoms with Gasteiger partial charge in [-0.3, -0.25) is 9.50 Å². The fraction of sp³-hybridized carbons (Fsp3) is 0.176. The zero-order valence-electron chi connectivity index (χ0n) is 13.1. The SMILES string of the molecule is Clc1nc2ccccn2c1-c1ccnc(Nc2cc(C3CC3)[nH]n2)n1. The smallest absolute Gasteiger partial charge is 0.228 e. The molecule has 2 N–H and O–H groups in total. The van der Waals surface area contributed by atoms with Gasteiger partial charge in [0.2, 0.25) is 5.95 Å². The molecule has 0 atom stereocenters. The standard InChI is InChI=1S/C17H14ClN7/c18-16-15(25-8-2-1-3-14(25)22-16)11-6-7-19-17(20-11)21-13-9-12(23-24-13)10-4-5-10/h1-3,6-10H,4-5H2,(H2,19,20,21,23,24). The number of nitrogens with one attached hydrogen (secondary N) is 2. The number of halogens is 1. The predicted molar refractivity (Wildman–Crippen MR) is 95.1 cm³/mol. The van der Waals surface area contributed by atoms with Gasteiger partial charge in [0.1, 0.15) is 11.3 Å². The Kier molecular flexibility index (Phi) is 3.21. The highest BCUT2D eigenvalue weighted by Crippen LogP contribution is 2.39. The van der Waals surface area contributed by atoms with Gasteiger partial charge in [-0.1, -0.05) is 17.7 Å². The van der Waals surface area contributed by atoms with Crippen LogP contribution in [0.1, 0.15) is 24.5 Å². The molecule has 1 fully saturated rings. The second-order valence-electron chi connectivity index (χ2n) is 6.05. The van der Waals surface area contributed by atoms with Crippen LogP contribution < -0.4 is 5.32 Å². The molecular formula is C17H14ClN7. The highest BCUT2D eigenvalue weighted by atomic mass is 35.5. The molecule has 25 heavy (non-hydrogen) atoms. The maximum atomic E-state index is 6.33. The summed E-state index contributed by atoms with van der Waals surface area (Å²) in [5.41, 5.74) is 3.36. The van der Waals surface area contributed by atoms with Crippen LogP contribution in [0.5, 0.6) is 0 Å². The number of aromatic nitrogens is 6. The van der Waals surface area contributed by atoms with Gasteiger partial charge in [-0.15, -0.1) is 0 Å². The molecule has 8 heteroatoms. The van der Waals surface area contributed by atoms with E-state index in [1.165, 1.54) is 12.8 Å². The molecule has 0 radical (unpaired) electrons. The van der Waals surface area contributed by atoms with E-state index in [4.69, 9.17) is 11.6 Å². The van der Waals surface area contributed by atoms with Crippen molar-refractivity contribution in [1.82, 2.24) is 29.5 Å². The molecule has 0 aliphatic heterocycles. The van der Waals surface area contributed by atoms with Crippen LogP contribution >= 0.6 is 11.6 Å². The average molecular weight is 352 g/mol. The first kappa shape index (κ1) is 14.4. The van der Waals surface area contributed by atoms with Crippen LogP contribution in [-0.2, 0) is 0 Å². The maximum Gasteiger partial charge on any atom is 0.228 e. The predicted octanol–water partition coefficient (Wildman–Crippen LogP) is 3.79. The van der Waals surface area contributed by atoms with Crippen LogP contribution in [-0.4, -0.2) is 29.5 Å². The van der Waals surface area contributed by atoms with Crippen molar-refractivity contribution in [3.8, 4) is 11.4 Å². The Labute approximate surface area is 148 Å². The van der Waals surface area contributed by atoms with Crippen LogP contribution in [0.3, 0.4) is 0 Å². The quantitative estimate of drug-likeness (QED) is 0.584. The van der Waals surface area contributed by atoms with Crippen LogP contribution in [0.4, 0.5) is 11.8 Å². The number of aromatic amines is 1. The monoisotopic (exact) mass is 351 g/mol. The fourth-order valence-corrected chi connectivity index (χ4v) is 3.14. The van der Waals surface area contributed by atoms with E-state index in [0.717, 1.165) is 17.0 Å². The summed E-state index contributed by atoms with van der Waals surface area (Å²) < 4.78 is 1.91. The second kappa shape index (κ2) is 5.56. The molecule has 4 aromatic heterocycles. The van der Waals surface area contributed by atoms with Gasteiger partial charge in [-0.2, -0.15) is 5.10 Å². The maximum absolute atomic E-state index is 6.33. The molecule has 124 valence electrons. The first-order chi connectivity index (χ1) is 12.3. The van der Waals surface area contributed by atoms with Gasteiger partial charge in [0, 0.05) is 30.1 Å². The molecule has 1 aliphatic rings. The van der Waals surface area contributed by atoms with E-state index < -0.39 is 0 Å². The largest absolute Gasteiger partial charge is 0.307 e. The molecule has 0 saturated heterocycles. The van der Waals surface area contributed by atoms with Crippen molar-refractivity contribution in [3.63, 3.8) is 0 Å². The molecule has 1 saturated carbocycles. The van der Waals surface area contributed by atoms with Crippen molar-refractivity contribution >= 4 is 29.0 Å². The Morgan fingerprint density at radius 2 is 2.12 bits per heavy atom.